The largest absolute Gasteiger partial charge is 0.366 e. The van der Waals surface area contributed by atoms with Gasteiger partial charge in [0.1, 0.15) is 11.9 Å². The van der Waals surface area contributed by atoms with Crippen molar-refractivity contribution in [1.82, 2.24) is 4.90 Å². The van der Waals surface area contributed by atoms with Crippen LogP contribution >= 0.6 is 0 Å². The van der Waals surface area contributed by atoms with Gasteiger partial charge in [0.05, 0.1) is 6.04 Å². The minimum absolute atomic E-state index is 0.151. The van der Waals surface area contributed by atoms with Crippen molar-refractivity contribution < 1.29 is 14.2 Å². The van der Waals surface area contributed by atoms with Gasteiger partial charge in [-0.1, -0.05) is 24.6 Å². The van der Waals surface area contributed by atoms with Gasteiger partial charge in [0.25, 0.3) is 0 Å². The van der Waals surface area contributed by atoms with Crippen molar-refractivity contribution in [1.29, 1.82) is 0 Å². The van der Waals surface area contributed by atoms with E-state index in [0.29, 0.717) is 5.56 Å². The van der Waals surface area contributed by atoms with Gasteiger partial charge in [-0.25, -0.2) is 4.39 Å². The van der Waals surface area contributed by atoms with Gasteiger partial charge in [0.2, 0.25) is 0 Å². The lowest BCUT2D eigenvalue weighted by Crippen LogP contribution is -2.37. The van der Waals surface area contributed by atoms with Gasteiger partial charge in [0, 0.05) is 5.56 Å². The van der Waals surface area contributed by atoms with Gasteiger partial charge in [-0.3, -0.25) is 4.90 Å². The molecular formula is C14H18FNO2. The molecule has 3 unspecified atom stereocenters. The first-order chi connectivity index (χ1) is 8.77. The first-order valence-electron chi connectivity index (χ1n) is 6.59. The molecule has 0 aliphatic carbocycles. The smallest absolute Gasteiger partial charge is 0.183 e. The Morgan fingerprint density at radius 3 is 2.50 bits per heavy atom. The van der Waals surface area contributed by atoms with Gasteiger partial charge < -0.3 is 9.84 Å². The molecule has 3 atom stereocenters. The lowest BCUT2D eigenvalue weighted by molar-refractivity contribution is 0.131. The molecule has 1 aromatic carbocycles. The van der Waals surface area contributed by atoms with Gasteiger partial charge in [-0.05, 0) is 32.0 Å². The van der Waals surface area contributed by atoms with Crippen LogP contribution in [-0.2, 0) is 4.74 Å². The maximum absolute atomic E-state index is 13.9. The standard InChI is InChI=1S/C14H18FNO2/c15-11-7-3-2-6-10(11)12(13-14(17)18-13)16-8-4-1-5-9-16/h2-3,6-7,12-14,17H,1,4-5,8-9H2. The molecule has 0 bridgehead atoms. The van der Waals surface area contributed by atoms with E-state index in [4.69, 9.17) is 4.74 Å². The number of piperidine rings is 1. The van der Waals surface area contributed by atoms with Gasteiger partial charge >= 0.3 is 0 Å². The van der Waals surface area contributed by atoms with E-state index in [0.717, 1.165) is 25.9 Å². The number of aliphatic hydroxyl groups is 1. The molecule has 0 amide bonds. The van der Waals surface area contributed by atoms with E-state index in [-0.39, 0.29) is 18.0 Å². The maximum Gasteiger partial charge on any atom is 0.183 e. The third-order valence-corrected chi connectivity index (χ3v) is 3.82. The molecule has 2 heterocycles. The van der Waals surface area contributed by atoms with Crippen molar-refractivity contribution in [3.63, 3.8) is 0 Å². The number of benzene rings is 1. The maximum atomic E-state index is 13.9. The summed E-state index contributed by atoms with van der Waals surface area (Å²) in [5.74, 6) is -0.212. The summed E-state index contributed by atoms with van der Waals surface area (Å²) in [6.45, 7) is 1.90. The van der Waals surface area contributed by atoms with Gasteiger partial charge in [-0.15, -0.1) is 0 Å². The van der Waals surface area contributed by atoms with Crippen molar-refractivity contribution in [3.8, 4) is 0 Å². The minimum atomic E-state index is -0.739. The summed E-state index contributed by atoms with van der Waals surface area (Å²) in [6.07, 6.45) is 2.48. The molecular weight excluding hydrogens is 233 g/mol. The molecule has 3 nitrogen and oxygen atoms in total. The summed E-state index contributed by atoms with van der Waals surface area (Å²) < 4.78 is 19.1. The second-order valence-electron chi connectivity index (χ2n) is 5.05. The molecule has 98 valence electrons. The first-order valence-corrected chi connectivity index (χ1v) is 6.59. The zero-order valence-electron chi connectivity index (χ0n) is 10.3. The van der Waals surface area contributed by atoms with Gasteiger partial charge in [0.15, 0.2) is 6.29 Å². The summed E-state index contributed by atoms with van der Waals surface area (Å²) in [6, 6.07) is 6.64. The Morgan fingerprint density at radius 1 is 1.22 bits per heavy atom. The number of hydrogen-bond donors (Lipinski definition) is 1. The average molecular weight is 251 g/mol. The molecule has 2 fully saturated rings. The highest BCUT2D eigenvalue weighted by Gasteiger charge is 2.47. The number of epoxide rings is 1. The van der Waals surface area contributed by atoms with E-state index in [2.05, 4.69) is 4.90 Å². The fourth-order valence-electron chi connectivity index (χ4n) is 2.84. The molecule has 4 heteroatoms. The SMILES string of the molecule is OC1OC1C(c1ccccc1F)N1CCCCC1. The number of aliphatic hydroxyl groups excluding tert-OH is 1. The number of rotatable bonds is 3. The predicted octanol–water partition coefficient (Wildman–Crippen LogP) is 2.07. The molecule has 2 aliphatic rings. The number of halogens is 1. The van der Waals surface area contributed by atoms with Crippen molar-refractivity contribution >= 4 is 0 Å². The molecule has 2 aliphatic heterocycles. The van der Waals surface area contributed by atoms with Crippen LogP contribution in [0, 0.1) is 5.82 Å². The lowest BCUT2D eigenvalue weighted by Gasteiger charge is -2.34. The zero-order valence-corrected chi connectivity index (χ0v) is 10.3. The molecule has 0 saturated carbocycles. The minimum Gasteiger partial charge on any atom is -0.366 e. The predicted molar refractivity (Wildman–Crippen MR) is 65.4 cm³/mol. The molecule has 2 saturated heterocycles. The van der Waals surface area contributed by atoms with Crippen LogP contribution in [0.1, 0.15) is 30.9 Å². The van der Waals surface area contributed by atoms with Crippen LogP contribution in [0.3, 0.4) is 0 Å². The quantitative estimate of drug-likeness (QED) is 0.835. The third kappa shape index (κ3) is 2.28. The normalized spacial score (nSPS) is 30.1. The zero-order chi connectivity index (χ0) is 12.5. The van der Waals surface area contributed by atoms with Crippen LogP contribution in [0.4, 0.5) is 4.39 Å². The van der Waals surface area contributed by atoms with Crippen LogP contribution in [0.25, 0.3) is 0 Å². The van der Waals surface area contributed by atoms with Crippen LogP contribution in [0.2, 0.25) is 0 Å². The van der Waals surface area contributed by atoms with Crippen LogP contribution < -0.4 is 0 Å². The van der Waals surface area contributed by atoms with Crippen LogP contribution in [0.15, 0.2) is 24.3 Å². The Labute approximate surface area is 106 Å². The highest BCUT2D eigenvalue weighted by Crippen LogP contribution is 2.39. The second kappa shape index (κ2) is 4.96. The van der Waals surface area contributed by atoms with E-state index < -0.39 is 6.29 Å². The molecule has 0 spiro atoms. The Morgan fingerprint density at radius 2 is 1.89 bits per heavy atom. The Kier molecular flexibility index (Phi) is 3.33. The lowest BCUT2D eigenvalue weighted by atomic mass is 9.98. The molecule has 18 heavy (non-hydrogen) atoms. The molecule has 1 aromatic rings. The second-order valence-corrected chi connectivity index (χ2v) is 5.05. The van der Waals surface area contributed by atoms with Gasteiger partial charge in [-0.2, -0.15) is 0 Å². The fourth-order valence-corrected chi connectivity index (χ4v) is 2.84. The summed E-state index contributed by atoms with van der Waals surface area (Å²) in [5, 5.41) is 9.51. The highest BCUT2D eigenvalue weighted by atomic mass is 19.1. The van der Waals surface area contributed by atoms with Crippen molar-refractivity contribution in [2.45, 2.75) is 37.7 Å². The fraction of sp³-hybridized carbons (Fsp3) is 0.571. The average Bonchev–Trinajstić information content (AvgIpc) is 3.10. The molecule has 0 aromatic heterocycles. The number of ether oxygens (including phenoxy) is 1. The Hall–Kier alpha value is -0.970. The Balaban J connectivity index is 1.88. The van der Waals surface area contributed by atoms with E-state index in [1.165, 1.54) is 12.5 Å². The van der Waals surface area contributed by atoms with Crippen molar-refractivity contribution in [2.75, 3.05) is 13.1 Å². The first kappa shape index (κ1) is 12.1. The van der Waals surface area contributed by atoms with E-state index in [9.17, 15) is 9.50 Å². The van der Waals surface area contributed by atoms with Crippen molar-refractivity contribution in [2.24, 2.45) is 0 Å². The third-order valence-electron chi connectivity index (χ3n) is 3.82. The van der Waals surface area contributed by atoms with Crippen LogP contribution in [0.5, 0.6) is 0 Å². The van der Waals surface area contributed by atoms with Crippen LogP contribution in [-0.4, -0.2) is 35.5 Å². The highest BCUT2D eigenvalue weighted by molar-refractivity contribution is 5.24. The number of hydrogen-bond acceptors (Lipinski definition) is 3. The van der Waals surface area contributed by atoms with Crippen molar-refractivity contribution in [3.05, 3.63) is 35.6 Å². The summed E-state index contributed by atoms with van der Waals surface area (Å²) in [4.78, 5) is 2.24. The molecule has 3 rings (SSSR count). The summed E-state index contributed by atoms with van der Waals surface area (Å²) in [7, 11) is 0. The summed E-state index contributed by atoms with van der Waals surface area (Å²) >= 11 is 0. The summed E-state index contributed by atoms with van der Waals surface area (Å²) in [5.41, 5.74) is 0.640. The topological polar surface area (TPSA) is 36.0 Å². The molecule has 1 N–H and O–H groups in total. The van der Waals surface area contributed by atoms with E-state index in [1.807, 2.05) is 6.07 Å². The number of likely N-dealkylation sites (tertiary alicyclic amines) is 1. The monoisotopic (exact) mass is 251 g/mol. The van der Waals surface area contributed by atoms with E-state index >= 15 is 0 Å². The van der Waals surface area contributed by atoms with E-state index in [1.54, 1.807) is 12.1 Å². The molecule has 0 radical (unpaired) electrons. The number of nitrogens with zero attached hydrogens (tertiary/aromatic N) is 1. The Bertz CT molecular complexity index is 420.